The van der Waals surface area contributed by atoms with Crippen LogP contribution in [0.1, 0.15) is 59.0 Å². The summed E-state index contributed by atoms with van der Waals surface area (Å²) in [5.41, 5.74) is 5.01. The predicted molar refractivity (Wildman–Crippen MR) is 135 cm³/mol. The molecule has 1 saturated heterocycles. The Bertz CT molecular complexity index is 1210. The van der Waals surface area contributed by atoms with E-state index in [1.54, 1.807) is 6.07 Å². The summed E-state index contributed by atoms with van der Waals surface area (Å²) in [6, 6.07) is 16.2. The lowest BCUT2D eigenvalue weighted by Crippen LogP contribution is -2.47. The predicted octanol–water partition coefficient (Wildman–Crippen LogP) is 6.06. The molecule has 176 valence electrons. The third-order valence-electron chi connectivity index (χ3n) is 7.49. The fraction of sp³-hybridized carbons (Fsp3) is 0.407. The van der Waals surface area contributed by atoms with Crippen LogP contribution in [0.3, 0.4) is 0 Å². The Balaban J connectivity index is 1.23. The largest absolute Gasteiger partial charge is 0.327 e. The molecule has 1 aromatic heterocycles. The van der Waals surface area contributed by atoms with Crippen molar-refractivity contribution in [2.45, 2.75) is 51.2 Å². The minimum atomic E-state index is 0.149. The van der Waals surface area contributed by atoms with Crippen LogP contribution in [0.15, 0.2) is 48.5 Å². The number of carbonyl (C=O) groups excluding carboxylic acids is 1. The van der Waals surface area contributed by atoms with Gasteiger partial charge in [0, 0.05) is 41.3 Å². The van der Waals surface area contributed by atoms with Crippen molar-refractivity contribution >= 4 is 29.1 Å². The van der Waals surface area contributed by atoms with Crippen LogP contribution in [0.5, 0.6) is 0 Å². The first kappa shape index (κ1) is 22.1. The van der Waals surface area contributed by atoms with Crippen molar-refractivity contribution in [2.75, 3.05) is 13.1 Å². The lowest BCUT2D eigenvalue weighted by molar-refractivity contribution is 0.0448. The van der Waals surface area contributed by atoms with Crippen molar-refractivity contribution in [3.05, 3.63) is 81.1 Å². The Morgan fingerprint density at radius 2 is 1.65 bits per heavy atom. The van der Waals surface area contributed by atoms with E-state index in [9.17, 15) is 4.79 Å². The number of hydrogen-bond donors (Lipinski definition) is 0. The fourth-order valence-electron chi connectivity index (χ4n) is 5.83. The number of likely N-dealkylation sites (tertiary alicyclic amines) is 1. The number of nitrogens with zero attached hydrogens (tertiary/aromatic N) is 4. The third kappa shape index (κ3) is 3.94. The first-order valence-corrected chi connectivity index (χ1v) is 12.9. The molecule has 0 N–H and O–H groups in total. The van der Waals surface area contributed by atoms with Gasteiger partial charge in [0.2, 0.25) is 0 Å². The molecule has 3 aliphatic rings. The standard InChI is InChI=1S/C27H28Cl2N4O/c1-17-24-25(19-7-8-19)32(27(34)26(24)33(30-17)23-5-3-2-4-6-23)22-9-11-31(12-10-22)16-18-13-20(28)15-21(29)14-18/h2-6,13-15,19,22,25H,7-12,16H2,1H3. The van der Waals surface area contributed by atoms with Crippen molar-refractivity contribution < 1.29 is 4.79 Å². The first-order valence-electron chi connectivity index (χ1n) is 12.1. The second kappa shape index (κ2) is 8.71. The molecule has 1 saturated carbocycles. The van der Waals surface area contributed by atoms with Gasteiger partial charge < -0.3 is 4.90 Å². The molecule has 2 aliphatic heterocycles. The van der Waals surface area contributed by atoms with E-state index < -0.39 is 0 Å². The van der Waals surface area contributed by atoms with Crippen LogP contribution in [0.2, 0.25) is 10.0 Å². The van der Waals surface area contributed by atoms with Crippen LogP contribution < -0.4 is 0 Å². The highest BCUT2D eigenvalue weighted by Crippen LogP contribution is 2.52. The average Bonchev–Trinajstić information content (AvgIpc) is 3.53. The summed E-state index contributed by atoms with van der Waals surface area (Å²) >= 11 is 12.4. The lowest BCUT2D eigenvalue weighted by atomic mass is 9.98. The van der Waals surface area contributed by atoms with Gasteiger partial charge in [-0.2, -0.15) is 5.10 Å². The second-order valence-corrected chi connectivity index (χ2v) is 10.7. The number of amides is 1. The minimum Gasteiger partial charge on any atom is -0.327 e. The molecule has 2 aromatic carbocycles. The highest BCUT2D eigenvalue weighted by molar-refractivity contribution is 6.34. The molecule has 1 unspecified atom stereocenters. The Morgan fingerprint density at radius 3 is 2.29 bits per heavy atom. The summed E-state index contributed by atoms with van der Waals surface area (Å²) in [5, 5.41) is 6.15. The summed E-state index contributed by atoms with van der Waals surface area (Å²) in [5.74, 6) is 0.709. The summed E-state index contributed by atoms with van der Waals surface area (Å²) in [4.78, 5) is 18.6. The van der Waals surface area contributed by atoms with Crippen LogP contribution >= 0.6 is 23.2 Å². The number of halogens is 2. The maximum Gasteiger partial charge on any atom is 0.273 e. The Hall–Kier alpha value is -2.34. The first-order chi connectivity index (χ1) is 16.5. The molecule has 5 nitrogen and oxygen atoms in total. The number of rotatable bonds is 5. The summed E-state index contributed by atoms with van der Waals surface area (Å²) in [6.45, 7) is 4.80. The maximum atomic E-state index is 13.9. The van der Waals surface area contributed by atoms with E-state index in [0.29, 0.717) is 16.0 Å². The maximum absolute atomic E-state index is 13.9. The smallest absolute Gasteiger partial charge is 0.273 e. The van der Waals surface area contributed by atoms with Crippen LogP contribution in [0.25, 0.3) is 5.69 Å². The minimum absolute atomic E-state index is 0.149. The molecule has 6 rings (SSSR count). The van der Waals surface area contributed by atoms with Gasteiger partial charge in [-0.05, 0) is 74.4 Å². The molecule has 0 bridgehead atoms. The normalized spacial score (nSPS) is 21.3. The zero-order chi connectivity index (χ0) is 23.4. The molecule has 0 spiro atoms. The van der Waals surface area contributed by atoms with Gasteiger partial charge in [-0.3, -0.25) is 9.69 Å². The van der Waals surface area contributed by atoms with Crippen molar-refractivity contribution in [1.82, 2.24) is 19.6 Å². The number of aromatic nitrogens is 2. The number of fused-ring (bicyclic) bond motifs is 1. The zero-order valence-electron chi connectivity index (χ0n) is 19.3. The van der Waals surface area contributed by atoms with Crippen molar-refractivity contribution in [3.8, 4) is 5.69 Å². The highest BCUT2D eigenvalue weighted by atomic mass is 35.5. The number of aryl methyl sites for hydroxylation is 1. The van der Waals surface area contributed by atoms with Crippen LogP contribution in [0, 0.1) is 12.8 Å². The van der Waals surface area contributed by atoms with Crippen LogP contribution in [-0.4, -0.2) is 44.6 Å². The fourth-order valence-corrected chi connectivity index (χ4v) is 6.40. The SMILES string of the molecule is Cc1nn(-c2ccccc2)c2c1C(C1CC1)N(C1CCN(Cc3cc(Cl)cc(Cl)c3)CC1)C2=O. The Labute approximate surface area is 210 Å². The molecule has 1 aliphatic carbocycles. The van der Waals surface area contributed by atoms with Gasteiger partial charge in [-0.25, -0.2) is 4.68 Å². The summed E-state index contributed by atoms with van der Waals surface area (Å²) in [6.07, 6.45) is 4.34. The van der Waals surface area contributed by atoms with Crippen molar-refractivity contribution in [2.24, 2.45) is 5.92 Å². The quantitative estimate of drug-likeness (QED) is 0.432. The van der Waals surface area contributed by atoms with E-state index in [0.717, 1.165) is 60.7 Å². The van der Waals surface area contributed by atoms with E-state index in [-0.39, 0.29) is 18.0 Å². The van der Waals surface area contributed by atoms with Gasteiger partial charge in [-0.15, -0.1) is 0 Å². The van der Waals surface area contributed by atoms with Crippen molar-refractivity contribution in [3.63, 3.8) is 0 Å². The highest BCUT2D eigenvalue weighted by Gasteiger charge is 2.51. The Morgan fingerprint density at radius 1 is 0.971 bits per heavy atom. The molecule has 7 heteroatoms. The summed E-state index contributed by atoms with van der Waals surface area (Å²) in [7, 11) is 0. The van der Waals surface area contributed by atoms with E-state index in [1.807, 2.05) is 47.1 Å². The molecule has 2 fully saturated rings. The van der Waals surface area contributed by atoms with Gasteiger partial charge in [0.25, 0.3) is 5.91 Å². The van der Waals surface area contributed by atoms with E-state index in [1.165, 1.54) is 12.8 Å². The van der Waals surface area contributed by atoms with Gasteiger partial charge in [0.15, 0.2) is 0 Å². The summed E-state index contributed by atoms with van der Waals surface area (Å²) < 4.78 is 1.88. The number of para-hydroxylation sites is 1. The molecule has 0 radical (unpaired) electrons. The Kier molecular flexibility index (Phi) is 5.67. The van der Waals surface area contributed by atoms with Crippen LogP contribution in [0.4, 0.5) is 0 Å². The van der Waals surface area contributed by atoms with Crippen LogP contribution in [-0.2, 0) is 6.54 Å². The number of benzene rings is 2. The zero-order valence-corrected chi connectivity index (χ0v) is 20.8. The molecular formula is C27H28Cl2N4O. The molecular weight excluding hydrogens is 467 g/mol. The van der Waals surface area contributed by atoms with Gasteiger partial charge in [0.05, 0.1) is 17.4 Å². The third-order valence-corrected chi connectivity index (χ3v) is 7.92. The second-order valence-electron chi connectivity index (χ2n) is 9.87. The van der Waals surface area contributed by atoms with E-state index in [4.69, 9.17) is 28.3 Å². The monoisotopic (exact) mass is 494 g/mol. The van der Waals surface area contributed by atoms with Gasteiger partial charge >= 0.3 is 0 Å². The number of hydrogen-bond acceptors (Lipinski definition) is 3. The van der Waals surface area contributed by atoms with E-state index in [2.05, 4.69) is 16.7 Å². The number of piperidine rings is 1. The van der Waals surface area contributed by atoms with Gasteiger partial charge in [0.1, 0.15) is 5.69 Å². The topological polar surface area (TPSA) is 41.4 Å². The molecule has 1 amide bonds. The van der Waals surface area contributed by atoms with E-state index >= 15 is 0 Å². The average molecular weight is 495 g/mol. The van der Waals surface area contributed by atoms with Crippen molar-refractivity contribution in [1.29, 1.82) is 0 Å². The lowest BCUT2D eigenvalue weighted by Gasteiger charge is -2.40. The molecule has 3 heterocycles. The number of carbonyl (C=O) groups is 1. The molecule has 34 heavy (non-hydrogen) atoms. The molecule has 3 aromatic rings. The molecule has 1 atom stereocenters. The van der Waals surface area contributed by atoms with Gasteiger partial charge in [-0.1, -0.05) is 41.4 Å².